The maximum atomic E-state index is 2.34. The van der Waals surface area contributed by atoms with Crippen LogP contribution in [0.4, 0.5) is 0 Å². The SMILES string of the molecule is CN(C)B1CCCC1. The summed E-state index contributed by atoms with van der Waals surface area (Å²) in [6, 6.07) is 0. The third kappa shape index (κ3) is 1.25. The summed E-state index contributed by atoms with van der Waals surface area (Å²) < 4.78 is 0. The molecule has 0 aromatic heterocycles. The topological polar surface area (TPSA) is 3.24 Å². The molecule has 1 heterocycles. The van der Waals surface area contributed by atoms with E-state index in [2.05, 4.69) is 18.9 Å². The lowest BCUT2D eigenvalue weighted by atomic mass is 9.59. The minimum atomic E-state index is 0.898. The van der Waals surface area contributed by atoms with Crippen molar-refractivity contribution < 1.29 is 0 Å². The minimum Gasteiger partial charge on any atom is -0.347 e. The molecule has 0 N–H and O–H groups in total. The van der Waals surface area contributed by atoms with Gasteiger partial charge in [-0.15, -0.1) is 0 Å². The Morgan fingerprint density at radius 3 is 1.88 bits per heavy atom. The zero-order valence-electron chi connectivity index (χ0n) is 5.85. The predicted octanol–water partition coefficient (Wildman–Crippen LogP) is 1.33. The van der Waals surface area contributed by atoms with Crippen LogP contribution in [0.3, 0.4) is 0 Å². The first kappa shape index (κ1) is 6.15. The third-order valence-corrected chi connectivity index (χ3v) is 2.05. The van der Waals surface area contributed by atoms with Gasteiger partial charge in [-0.05, 0) is 14.1 Å². The van der Waals surface area contributed by atoms with Gasteiger partial charge in [-0.1, -0.05) is 25.5 Å². The van der Waals surface area contributed by atoms with Crippen LogP contribution in [0.2, 0.25) is 12.6 Å². The molecule has 8 heavy (non-hydrogen) atoms. The zero-order valence-corrected chi connectivity index (χ0v) is 5.85. The van der Waals surface area contributed by atoms with Crippen LogP contribution < -0.4 is 0 Å². The van der Waals surface area contributed by atoms with Crippen LogP contribution >= 0.6 is 0 Å². The lowest BCUT2D eigenvalue weighted by Gasteiger charge is -2.13. The molecule has 0 amide bonds. The van der Waals surface area contributed by atoms with Gasteiger partial charge in [-0.25, -0.2) is 0 Å². The summed E-state index contributed by atoms with van der Waals surface area (Å²) in [5.74, 6) is 0. The van der Waals surface area contributed by atoms with Crippen molar-refractivity contribution in [1.82, 2.24) is 4.81 Å². The number of hydrogen-bond donors (Lipinski definition) is 0. The van der Waals surface area contributed by atoms with Crippen LogP contribution in [0.25, 0.3) is 0 Å². The van der Waals surface area contributed by atoms with E-state index in [4.69, 9.17) is 0 Å². The summed E-state index contributed by atoms with van der Waals surface area (Å²) >= 11 is 0. The first-order valence-electron chi connectivity index (χ1n) is 3.47. The van der Waals surface area contributed by atoms with Crippen molar-refractivity contribution in [3.8, 4) is 0 Å². The Balaban J connectivity index is 2.24. The maximum absolute atomic E-state index is 2.34. The highest BCUT2D eigenvalue weighted by Gasteiger charge is 2.20. The predicted molar refractivity (Wildman–Crippen MR) is 38.3 cm³/mol. The molecule has 0 radical (unpaired) electrons. The Morgan fingerprint density at radius 1 is 1.12 bits per heavy atom. The highest BCUT2D eigenvalue weighted by Crippen LogP contribution is 2.19. The van der Waals surface area contributed by atoms with Crippen LogP contribution in [-0.2, 0) is 0 Å². The van der Waals surface area contributed by atoms with E-state index in [1.165, 1.54) is 25.5 Å². The summed E-state index contributed by atoms with van der Waals surface area (Å²) in [5.41, 5.74) is 0. The molecule has 1 aliphatic heterocycles. The Hall–Kier alpha value is 0.0249. The van der Waals surface area contributed by atoms with Crippen molar-refractivity contribution in [2.75, 3.05) is 14.1 Å². The molecular formula is C6H14BN. The minimum absolute atomic E-state index is 0.898. The van der Waals surface area contributed by atoms with Crippen LogP contribution in [-0.4, -0.2) is 25.8 Å². The van der Waals surface area contributed by atoms with Gasteiger partial charge in [0, 0.05) is 0 Å². The van der Waals surface area contributed by atoms with Gasteiger partial charge in [-0.3, -0.25) is 0 Å². The standard InChI is InChI=1S/C6H14BN/c1-8(2)7-5-3-4-6-7/h3-6H2,1-2H3. The van der Waals surface area contributed by atoms with Crippen molar-refractivity contribution in [3.05, 3.63) is 0 Å². The Kier molecular flexibility index (Phi) is 1.95. The third-order valence-electron chi connectivity index (χ3n) is 2.05. The molecule has 46 valence electrons. The van der Waals surface area contributed by atoms with Crippen molar-refractivity contribution in [2.45, 2.75) is 25.5 Å². The number of rotatable bonds is 1. The molecule has 1 fully saturated rings. The molecule has 0 saturated carbocycles. The van der Waals surface area contributed by atoms with E-state index in [9.17, 15) is 0 Å². The number of hydrogen-bond acceptors (Lipinski definition) is 1. The van der Waals surface area contributed by atoms with Crippen molar-refractivity contribution in [1.29, 1.82) is 0 Å². The van der Waals surface area contributed by atoms with Gasteiger partial charge in [-0.2, -0.15) is 0 Å². The summed E-state index contributed by atoms with van der Waals surface area (Å²) in [4.78, 5) is 2.34. The molecule has 0 aromatic carbocycles. The first-order chi connectivity index (χ1) is 3.80. The quantitative estimate of drug-likeness (QED) is 0.461. The van der Waals surface area contributed by atoms with Crippen molar-refractivity contribution in [2.24, 2.45) is 0 Å². The Labute approximate surface area is 52.2 Å². The monoisotopic (exact) mass is 111 g/mol. The molecule has 0 atom stereocenters. The molecule has 0 aliphatic carbocycles. The second kappa shape index (κ2) is 2.54. The van der Waals surface area contributed by atoms with E-state index in [-0.39, 0.29) is 0 Å². The Bertz CT molecular complexity index is 66.9. The zero-order chi connectivity index (χ0) is 5.98. The van der Waals surface area contributed by atoms with E-state index >= 15 is 0 Å². The molecule has 0 spiro atoms. The molecule has 1 rings (SSSR count). The first-order valence-corrected chi connectivity index (χ1v) is 3.47. The van der Waals surface area contributed by atoms with Crippen LogP contribution in [0.15, 0.2) is 0 Å². The molecular weight excluding hydrogens is 96.9 g/mol. The second-order valence-electron chi connectivity index (χ2n) is 2.90. The van der Waals surface area contributed by atoms with Crippen LogP contribution in [0.5, 0.6) is 0 Å². The summed E-state index contributed by atoms with van der Waals surface area (Å²) in [6.07, 6.45) is 5.74. The fourth-order valence-electron chi connectivity index (χ4n) is 1.42. The van der Waals surface area contributed by atoms with E-state index in [0.717, 1.165) is 6.85 Å². The van der Waals surface area contributed by atoms with Gasteiger partial charge < -0.3 is 4.81 Å². The van der Waals surface area contributed by atoms with Gasteiger partial charge >= 0.3 is 0 Å². The van der Waals surface area contributed by atoms with E-state index in [0.29, 0.717) is 0 Å². The fraction of sp³-hybridized carbons (Fsp3) is 1.00. The average Bonchev–Trinajstić information content (AvgIpc) is 2.12. The van der Waals surface area contributed by atoms with E-state index in [1.807, 2.05) is 0 Å². The van der Waals surface area contributed by atoms with Gasteiger partial charge in [0.2, 0.25) is 6.85 Å². The maximum Gasteiger partial charge on any atom is 0.222 e. The second-order valence-corrected chi connectivity index (χ2v) is 2.90. The molecule has 0 bridgehead atoms. The Morgan fingerprint density at radius 2 is 1.62 bits per heavy atom. The van der Waals surface area contributed by atoms with Crippen molar-refractivity contribution in [3.63, 3.8) is 0 Å². The largest absolute Gasteiger partial charge is 0.347 e. The molecule has 0 aromatic rings. The van der Waals surface area contributed by atoms with Gasteiger partial charge in [0.05, 0.1) is 0 Å². The lowest BCUT2D eigenvalue weighted by molar-refractivity contribution is 0.640. The fourth-order valence-corrected chi connectivity index (χ4v) is 1.42. The van der Waals surface area contributed by atoms with Crippen molar-refractivity contribution >= 4 is 6.85 Å². The molecule has 0 unspecified atom stereocenters. The highest BCUT2D eigenvalue weighted by atomic mass is 15.0. The van der Waals surface area contributed by atoms with E-state index < -0.39 is 0 Å². The summed E-state index contributed by atoms with van der Waals surface area (Å²) in [5, 5.41) is 0. The molecule has 1 aliphatic rings. The van der Waals surface area contributed by atoms with Gasteiger partial charge in [0.15, 0.2) is 0 Å². The summed E-state index contributed by atoms with van der Waals surface area (Å²) in [6.45, 7) is 0.898. The molecule has 1 saturated heterocycles. The molecule has 1 nitrogen and oxygen atoms in total. The lowest BCUT2D eigenvalue weighted by Crippen LogP contribution is -2.28. The van der Waals surface area contributed by atoms with Crippen LogP contribution in [0, 0.1) is 0 Å². The average molecular weight is 111 g/mol. The van der Waals surface area contributed by atoms with Crippen LogP contribution in [0.1, 0.15) is 12.8 Å². The molecule has 2 heteroatoms. The highest BCUT2D eigenvalue weighted by molar-refractivity contribution is 6.56. The van der Waals surface area contributed by atoms with Gasteiger partial charge in [0.25, 0.3) is 0 Å². The smallest absolute Gasteiger partial charge is 0.222 e. The summed E-state index contributed by atoms with van der Waals surface area (Å²) in [7, 11) is 4.35. The van der Waals surface area contributed by atoms with Gasteiger partial charge in [0.1, 0.15) is 0 Å². The normalized spacial score (nSPS) is 20.6. The number of nitrogens with zero attached hydrogens (tertiary/aromatic N) is 1. The van der Waals surface area contributed by atoms with E-state index in [1.54, 1.807) is 0 Å².